The second-order valence-corrected chi connectivity index (χ2v) is 12.2. The number of methoxy groups -OCH3 is 2. The Morgan fingerprint density at radius 2 is 1.60 bits per heavy atom. The van der Waals surface area contributed by atoms with Gasteiger partial charge in [0.05, 0.1) is 24.8 Å². The number of halogens is 1. The average molecular weight is 616 g/mol. The summed E-state index contributed by atoms with van der Waals surface area (Å²) in [5, 5.41) is 3.34. The Balaban J connectivity index is 2.07. The number of aryl methyl sites for hydroxylation is 1. The van der Waals surface area contributed by atoms with Gasteiger partial charge in [-0.2, -0.15) is 0 Å². The number of anilines is 1. The van der Waals surface area contributed by atoms with Gasteiger partial charge in [0.25, 0.3) is 10.0 Å². The lowest BCUT2D eigenvalue weighted by molar-refractivity contribution is -0.139. The molecule has 42 heavy (non-hydrogen) atoms. The first-order valence-electron chi connectivity index (χ1n) is 13.6. The van der Waals surface area contributed by atoms with Gasteiger partial charge in [0.15, 0.2) is 11.5 Å². The van der Waals surface area contributed by atoms with E-state index in [1.165, 1.54) is 49.5 Å². The topological polar surface area (TPSA) is 105 Å². The third kappa shape index (κ3) is 7.74. The normalized spacial score (nSPS) is 12.6. The molecule has 0 saturated heterocycles. The Morgan fingerprint density at radius 3 is 2.19 bits per heavy atom. The fourth-order valence-electron chi connectivity index (χ4n) is 4.26. The van der Waals surface area contributed by atoms with Gasteiger partial charge in [-0.05, 0) is 74.7 Å². The van der Waals surface area contributed by atoms with Crippen LogP contribution in [0.2, 0.25) is 5.02 Å². The zero-order valence-electron chi connectivity index (χ0n) is 24.8. The molecule has 2 atom stereocenters. The van der Waals surface area contributed by atoms with Gasteiger partial charge in [0.2, 0.25) is 11.8 Å². The summed E-state index contributed by atoms with van der Waals surface area (Å²) in [6.45, 7) is 6.95. The highest BCUT2D eigenvalue weighted by atomic mass is 35.5. The third-order valence-electron chi connectivity index (χ3n) is 7.11. The maximum absolute atomic E-state index is 14.1. The third-order valence-corrected chi connectivity index (χ3v) is 9.13. The molecular weight excluding hydrogens is 578 g/mol. The van der Waals surface area contributed by atoms with Crippen LogP contribution in [0.5, 0.6) is 11.5 Å². The molecule has 0 aliphatic heterocycles. The molecule has 0 fully saturated rings. The highest BCUT2D eigenvalue weighted by Crippen LogP contribution is 2.32. The zero-order chi connectivity index (χ0) is 31.0. The molecule has 0 radical (unpaired) electrons. The minimum atomic E-state index is -4.30. The van der Waals surface area contributed by atoms with Crippen molar-refractivity contribution in [2.24, 2.45) is 0 Å². The van der Waals surface area contributed by atoms with Crippen LogP contribution in [0.25, 0.3) is 0 Å². The molecule has 0 saturated carbocycles. The predicted molar refractivity (Wildman–Crippen MR) is 165 cm³/mol. The van der Waals surface area contributed by atoms with Crippen molar-refractivity contribution >= 4 is 39.1 Å². The van der Waals surface area contributed by atoms with E-state index < -0.39 is 28.5 Å². The molecule has 0 unspecified atom stereocenters. The minimum Gasteiger partial charge on any atom is -0.493 e. The van der Waals surface area contributed by atoms with Crippen LogP contribution >= 0.6 is 11.6 Å². The average Bonchev–Trinajstić information content (AvgIpc) is 2.98. The fraction of sp³-hybridized carbons (Fsp3) is 0.355. The lowest BCUT2D eigenvalue weighted by atomic mass is 10.1. The number of nitrogens with one attached hydrogen (secondary N) is 1. The molecule has 3 aromatic rings. The van der Waals surface area contributed by atoms with E-state index in [2.05, 4.69) is 5.32 Å². The van der Waals surface area contributed by atoms with Gasteiger partial charge in [-0.3, -0.25) is 13.9 Å². The number of hydrogen-bond acceptors (Lipinski definition) is 6. The standard InChI is InChI=1S/C31H38ClN3O6S/c1-7-22(3)33-31(37)23(4)34(19-24-11-9-8-10-21(24)2)30(36)20-35(26-14-12-25(32)13-15-26)42(38,39)27-16-17-28(40-5)29(18-27)41-6/h8-18,22-23H,7,19-20H2,1-6H3,(H,33,37)/t22-,23-/m1/s1. The van der Waals surface area contributed by atoms with Gasteiger partial charge >= 0.3 is 0 Å². The van der Waals surface area contributed by atoms with Crippen molar-refractivity contribution in [2.75, 3.05) is 25.1 Å². The van der Waals surface area contributed by atoms with E-state index in [9.17, 15) is 18.0 Å². The maximum Gasteiger partial charge on any atom is 0.264 e. The van der Waals surface area contributed by atoms with Crippen molar-refractivity contribution in [3.05, 3.63) is 82.9 Å². The van der Waals surface area contributed by atoms with E-state index in [1.807, 2.05) is 45.0 Å². The predicted octanol–water partition coefficient (Wildman–Crippen LogP) is 5.19. The van der Waals surface area contributed by atoms with Crippen molar-refractivity contribution in [3.63, 3.8) is 0 Å². The van der Waals surface area contributed by atoms with Crippen LogP contribution in [0.1, 0.15) is 38.3 Å². The molecule has 0 heterocycles. The Labute approximate surface area is 253 Å². The number of amides is 2. The first-order chi connectivity index (χ1) is 19.9. The summed E-state index contributed by atoms with van der Waals surface area (Å²) in [5.74, 6) is -0.301. The first-order valence-corrected chi connectivity index (χ1v) is 15.4. The van der Waals surface area contributed by atoms with E-state index >= 15 is 0 Å². The molecule has 11 heteroatoms. The molecular formula is C31H38ClN3O6S. The zero-order valence-corrected chi connectivity index (χ0v) is 26.3. The van der Waals surface area contributed by atoms with Crippen LogP contribution in [0, 0.1) is 6.92 Å². The Bertz CT molecular complexity index is 1500. The van der Waals surface area contributed by atoms with Crippen molar-refractivity contribution in [3.8, 4) is 11.5 Å². The molecule has 9 nitrogen and oxygen atoms in total. The number of hydrogen-bond donors (Lipinski definition) is 1. The SMILES string of the molecule is CC[C@@H](C)NC(=O)[C@@H](C)N(Cc1ccccc1C)C(=O)CN(c1ccc(Cl)cc1)S(=O)(=O)c1ccc(OC)c(OC)c1. The van der Waals surface area contributed by atoms with E-state index in [-0.39, 0.29) is 34.8 Å². The lowest BCUT2D eigenvalue weighted by Crippen LogP contribution is -2.52. The van der Waals surface area contributed by atoms with Crippen LogP contribution in [0.3, 0.4) is 0 Å². The van der Waals surface area contributed by atoms with Gasteiger partial charge in [-0.1, -0.05) is 42.8 Å². The number of rotatable bonds is 13. The van der Waals surface area contributed by atoms with Gasteiger partial charge in [-0.15, -0.1) is 0 Å². The Morgan fingerprint density at radius 1 is 0.952 bits per heavy atom. The van der Waals surface area contributed by atoms with Crippen LogP contribution in [0.4, 0.5) is 5.69 Å². The summed E-state index contributed by atoms with van der Waals surface area (Å²) in [7, 11) is -1.44. The minimum absolute atomic E-state index is 0.0913. The number of carbonyl (C=O) groups excluding carboxylic acids is 2. The number of sulfonamides is 1. The summed E-state index contributed by atoms with van der Waals surface area (Å²) >= 11 is 6.09. The number of benzene rings is 3. The van der Waals surface area contributed by atoms with Crippen molar-refractivity contribution in [2.45, 2.75) is 57.6 Å². The summed E-state index contributed by atoms with van der Waals surface area (Å²) < 4.78 is 39.8. The monoisotopic (exact) mass is 615 g/mol. The lowest BCUT2D eigenvalue weighted by Gasteiger charge is -2.32. The molecule has 3 rings (SSSR count). The molecule has 0 aromatic heterocycles. The smallest absolute Gasteiger partial charge is 0.264 e. The highest BCUT2D eigenvalue weighted by molar-refractivity contribution is 7.92. The number of carbonyl (C=O) groups is 2. The highest BCUT2D eigenvalue weighted by Gasteiger charge is 2.33. The summed E-state index contributed by atoms with van der Waals surface area (Å²) in [6, 6.07) is 16.9. The summed E-state index contributed by atoms with van der Waals surface area (Å²) in [5.41, 5.74) is 2.02. The van der Waals surface area contributed by atoms with Crippen LogP contribution < -0.4 is 19.1 Å². The number of nitrogens with zero attached hydrogens (tertiary/aromatic N) is 2. The molecule has 0 aliphatic carbocycles. The van der Waals surface area contributed by atoms with E-state index in [0.717, 1.165) is 21.9 Å². The van der Waals surface area contributed by atoms with E-state index in [0.29, 0.717) is 10.8 Å². The second kappa shape index (κ2) is 14.4. The first kappa shape index (κ1) is 32.8. The van der Waals surface area contributed by atoms with Crippen molar-refractivity contribution < 1.29 is 27.5 Å². The molecule has 3 aromatic carbocycles. The van der Waals surface area contributed by atoms with Crippen LogP contribution in [-0.4, -0.2) is 58.0 Å². The molecule has 226 valence electrons. The maximum atomic E-state index is 14.1. The van der Waals surface area contributed by atoms with E-state index in [1.54, 1.807) is 19.1 Å². The van der Waals surface area contributed by atoms with Crippen molar-refractivity contribution in [1.29, 1.82) is 0 Å². The van der Waals surface area contributed by atoms with Crippen LogP contribution in [0.15, 0.2) is 71.6 Å². The molecule has 0 spiro atoms. The molecule has 2 amide bonds. The number of ether oxygens (including phenoxy) is 2. The second-order valence-electron chi connectivity index (χ2n) is 9.95. The summed E-state index contributed by atoms with van der Waals surface area (Å²) in [4.78, 5) is 28.6. The Kier molecular flexibility index (Phi) is 11.2. The van der Waals surface area contributed by atoms with E-state index in [4.69, 9.17) is 21.1 Å². The fourth-order valence-corrected chi connectivity index (χ4v) is 5.82. The Hall–Kier alpha value is -3.76. The molecule has 0 aliphatic rings. The van der Waals surface area contributed by atoms with Crippen LogP contribution in [-0.2, 0) is 26.2 Å². The largest absolute Gasteiger partial charge is 0.493 e. The molecule has 1 N–H and O–H groups in total. The quantitative estimate of drug-likeness (QED) is 0.284. The van der Waals surface area contributed by atoms with Crippen molar-refractivity contribution in [1.82, 2.24) is 10.2 Å². The van der Waals surface area contributed by atoms with Gasteiger partial charge in [0.1, 0.15) is 12.6 Å². The summed E-state index contributed by atoms with van der Waals surface area (Å²) in [6.07, 6.45) is 0.720. The van der Waals surface area contributed by atoms with Gasteiger partial charge in [0, 0.05) is 23.7 Å². The van der Waals surface area contributed by atoms with Gasteiger partial charge in [-0.25, -0.2) is 8.42 Å². The molecule has 0 bridgehead atoms. The van der Waals surface area contributed by atoms with Gasteiger partial charge < -0.3 is 19.7 Å².